The van der Waals surface area contributed by atoms with Crippen molar-refractivity contribution in [3.05, 3.63) is 95.1 Å². The second-order valence-electron chi connectivity index (χ2n) is 12.8. The standard InChI is InChI=1S/C40H38N4O8S2/c1-5-21-17-25(18-22(6-2)31(21)33-27-13-9-11-15-29(27)37(45)35(43-41)39(33)53(47,48)49)26-19-23(7-3)32(24(8-4)20-26)34-28-14-10-12-16-30(28)38(46)36(44-42)40(34)54(50,51)52/h9-20,41-42,45-46H,5-8H2,1-4H3,(H,47,48,49)(H,50,51,52)/b43-41+,44-42+. The van der Waals surface area contributed by atoms with Crippen molar-refractivity contribution in [2.75, 3.05) is 0 Å². The average molecular weight is 767 g/mol. The van der Waals surface area contributed by atoms with Gasteiger partial charge in [0, 0.05) is 21.9 Å². The van der Waals surface area contributed by atoms with Gasteiger partial charge in [-0.25, -0.2) is 11.0 Å². The van der Waals surface area contributed by atoms with E-state index < -0.39 is 52.9 Å². The van der Waals surface area contributed by atoms with Crippen LogP contribution in [0.25, 0.3) is 54.9 Å². The van der Waals surface area contributed by atoms with Gasteiger partial charge < -0.3 is 10.2 Å². The van der Waals surface area contributed by atoms with Crippen LogP contribution in [-0.2, 0) is 45.9 Å². The van der Waals surface area contributed by atoms with Crippen LogP contribution < -0.4 is 0 Å². The van der Waals surface area contributed by atoms with E-state index in [1.165, 1.54) is 0 Å². The zero-order chi connectivity index (χ0) is 40.7. The molecule has 278 valence electrons. The smallest absolute Gasteiger partial charge is 0.297 e. The SMILES string of the molecule is [H]/N=N/c1c(S(=O)(=O)O)c(-c2c(CC)cc(-c3cc(CC)c(-c4c(S(=O)(=O)O)c(/N=N/[H])c(O)c5ccccc45)c(CC)c3)cc2CC)c2ccccc2c1O. The zero-order valence-corrected chi connectivity index (χ0v) is 31.4. The molecule has 0 radical (unpaired) electrons. The Labute approximate surface area is 315 Å². The molecule has 0 aliphatic carbocycles. The molecule has 0 aliphatic rings. The second kappa shape index (κ2) is 14.4. The molecule has 6 aromatic rings. The van der Waals surface area contributed by atoms with Gasteiger partial charge in [-0.05, 0) is 81.0 Å². The van der Waals surface area contributed by atoms with Crippen LogP contribution in [0.2, 0.25) is 2.82 Å². The molecule has 54 heavy (non-hydrogen) atoms. The van der Waals surface area contributed by atoms with E-state index in [1.807, 2.05) is 52.0 Å². The van der Waals surface area contributed by atoms with Crippen molar-refractivity contribution in [1.82, 2.24) is 0 Å². The first-order valence-corrected chi connectivity index (χ1v) is 20.1. The first-order chi connectivity index (χ1) is 26.7. The Bertz CT molecular complexity index is 2620. The molecule has 0 bridgehead atoms. The summed E-state index contributed by atoms with van der Waals surface area (Å²) in [4.78, 5) is -1.35. The summed E-state index contributed by atoms with van der Waals surface area (Å²) in [6.45, 7) is 7.61. The van der Waals surface area contributed by atoms with Gasteiger partial charge in [0.2, 0.25) is 2.82 Å². The number of fused-ring (bicyclic) bond motifs is 2. The van der Waals surface area contributed by atoms with Gasteiger partial charge in [0.15, 0.2) is 11.5 Å². The summed E-state index contributed by atoms with van der Waals surface area (Å²) in [5.41, 5.74) is 10.5. The molecule has 6 aromatic carbocycles. The summed E-state index contributed by atoms with van der Waals surface area (Å²) < 4.78 is 88.5. The average Bonchev–Trinajstić information content (AvgIpc) is 3.18. The van der Waals surface area contributed by atoms with Crippen LogP contribution in [0.1, 0.15) is 49.9 Å². The fourth-order valence-corrected chi connectivity index (χ4v) is 9.28. The molecule has 12 nitrogen and oxygen atoms in total. The highest BCUT2D eigenvalue weighted by molar-refractivity contribution is 7.86. The van der Waals surface area contributed by atoms with Crippen LogP contribution >= 0.6 is 0 Å². The molecule has 0 saturated carbocycles. The van der Waals surface area contributed by atoms with Gasteiger partial charge >= 0.3 is 0 Å². The molecule has 0 unspecified atom stereocenters. The van der Waals surface area contributed by atoms with E-state index in [0.717, 1.165) is 11.1 Å². The van der Waals surface area contributed by atoms with Crippen LogP contribution in [0.5, 0.6) is 11.5 Å². The van der Waals surface area contributed by atoms with Crippen molar-refractivity contribution in [2.45, 2.75) is 63.2 Å². The van der Waals surface area contributed by atoms with Crippen LogP contribution in [-0.4, -0.2) is 36.2 Å². The number of phenolic OH excluding ortho intramolecular Hbond substituents is 2. The fourth-order valence-electron chi connectivity index (χ4n) is 7.58. The fraction of sp³-hybridized carbons (Fsp3) is 0.200. The summed E-state index contributed by atoms with van der Waals surface area (Å²) in [6, 6.07) is 20.8. The summed E-state index contributed by atoms with van der Waals surface area (Å²) in [5, 5.41) is 30.7. The topological polar surface area (TPSA) is 222 Å². The minimum Gasteiger partial charge on any atom is -0.505 e. The molecule has 0 amide bonds. The molecule has 0 spiro atoms. The molecular formula is C40H38N4O8S2. The van der Waals surface area contributed by atoms with Crippen molar-refractivity contribution in [3.63, 3.8) is 0 Å². The molecule has 0 fully saturated rings. The van der Waals surface area contributed by atoms with Crippen LogP contribution in [0.4, 0.5) is 11.4 Å². The van der Waals surface area contributed by atoms with E-state index >= 15 is 0 Å². The Morgan fingerprint density at radius 2 is 0.833 bits per heavy atom. The molecule has 14 heteroatoms. The number of phenols is 2. The number of nitrogens with one attached hydrogen (secondary N) is 2. The Hall–Kier alpha value is -5.54. The van der Waals surface area contributed by atoms with Crippen molar-refractivity contribution in [3.8, 4) is 44.9 Å². The number of nitrogens with zero attached hydrogens (tertiary/aromatic N) is 2. The minimum absolute atomic E-state index is 0.111. The lowest BCUT2D eigenvalue weighted by molar-refractivity contribution is 0.471. The third-order valence-electron chi connectivity index (χ3n) is 9.91. The van der Waals surface area contributed by atoms with Crippen molar-refractivity contribution in [2.24, 2.45) is 10.2 Å². The van der Waals surface area contributed by atoms with E-state index in [4.69, 9.17) is 2.82 Å². The second-order valence-corrected chi connectivity index (χ2v) is 15.5. The van der Waals surface area contributed by atoms with Gasteiger partial charge in [0.25, 0.3) is 20.2 Å². The predicted molar refractivity (Wildman–Crippen MR) is 208 cm³/mol. The number of aryl methyl sites for hydroxylation is 4. The van der Waals surface area contributed by atoms with Crippen LogP contribution in [0.3, 0.4) is 0 Å². The Morgan fingerprint density at radius 1 is 0.537 bits per heavy atom. The molecule has 6 N–H and O–H groups in total. The number of aromatic hydroxyl groups is 2. The number of hydrogen-bond acceptors (Lipinski definition) is 10. The number of benzene rings is 6. The van der Waals surface area contributed by atoms with E-state index in [9.17, 15) is 36.2 Å². The highest BCUT2D eigenvalue weighted by Crippen LogP contribution is 2.52. The molecule has 0 saturated heterocycles. The van der Waals surface area contributed by atoms with E-state index in [0.29, 0.717) is 69.8 Å². The maximum absolute atomic E-state index is 13.1. The van der Waals surface area contributed by atoms with Crippen LogP contribution in [0, 0.1) is 11.0 Å². The lowest BCUT2D eigenvalue weighted by Gasteiger charge is -2.23. The third kappa shape index (κ3) is 6.20. The maximum Gasteiger partial charge on any atom is 0.297 e. The van der Waals surface area contributed by atoms with Crippen LogP contribution in [0.15, 0.2) is 92.8 Å². The summed E-state index contributed by atoms with van der Waals surface area (Å²) in [5.74, 6) is -1.10. The first kappa shape index (κ1) is 35.5. The molecule has 0 aliphatic heterocycles. The molecule has 0 heterocycles. The predicted octanol–water partition coefficient (Wildman–Crippen LogP) is 10.5. The van der Waals surface area contributed by atoms with Gasteiger partial charge in [-0.2, -0.15) is 27.1 Å². The largest absolute Gasteiger partial charge is 0.505 e. The minimum atomic E-state index is -5.05. The summed E-state index contributed by atoms with van der Waals surface area (Å²) in [7, 11) is -10.1. The van der Waals surface area contributed by atoms with Crippen molar-refractivity contribution < 1.29 is 39.0 Å². The lowest BCUT2D eigenvalue weighted by Crippen LogP contribution is -2.07. The van der Waals surface area contributed by atoms with E-state index in [2.05, 4.69) is 21.3 Å². The highest BCUT2D eigenvalue weighted by atomic mass is 32.2. The monoisotopic (exact) mass is 766 g/mol. The maximum atomic E-state index is 13.1. The third-order valence-corrected chi connectivity index (χ3v) is 11.7. The Morgan fingerprint density at radius 3 is 1.09 bits per heavy atom. The molecule has 0 atom stereocenters. The normalized spacial score (nSPS) is 13.0. The van der Waals surface area contributed by atoms with E-state index in [-0.39, 0.29) is 21.9 Å². The summed E-state index contributed by atoms with van der Waals surface area (Å²) in [6.07, 6.45) is 1.65. The number of hydrogen-bond donors (Lipinski definition) is 6. The first-order valence-electron chi connectivity index (χ1n) is 18.1. The highest BCUT2D eigenvalue weighted by Gasteiger charge is 2.32. The molecule has 6 rings (SSSR count). The van der Waals surface area contributed by atoms with Crippen molar-refractivity contribution >= 4 is 53.2 Å². The lowest BCUT2D eigenvalue weighted by atomic mass is 9.83. The zero-order valence-electron chi connectivity index (χ0n) is 31.8. The van der Waals surface area contributed by atoms with Gasteiger partial charge in [0.05, 0.1) is 0 Å². The van der Waals surface area contributed by atoms with Gasteiger partial charge in [-0.3, -0.25) is 9.11 Å². The Kier molecular flexibility index (Phi) is 9.44. The molecule has 0 aromatic heterocycles. The van der Waals surface area contributed by atoms with Gasteiger partial charge in [0.1, 0.15) is 21.2 Å². The summed E-state index contributed by atoms with van der Waals surface area (Å²) >= 11 is 0. The van der Waals surface area contributed by atoms with Gasteiger partial charge in [-0.1, -0.05) is 100 Å². The Balaban J connectivity index is 1.71. The van der Waals surface area contributed by atoms with E-state index in [1.54, 1.807) is 48.5 Å². The number of rotatable bonds is 11. The molecular weight excluding hydrogens is 729 g/mol. The van der Waals surface area contributed by atoms with Crippen molar-refractivity contribution in [1.29, 1.82) is 11.0 Å². The quantitative estimate of drug-likeness (QED) is 0.0548. The van der Waals surface area contributed by atoms with Gasteiger partial charge in [-0.15, -0.1) is 0 Å².